The van der Waals surface area contributed by atoms with Gasteiger partial charge in [0.2, 0.25) is 0 Å². The number of nitrogens with one attached hydrogen (secondary N) is 2. The Labute approximate surface area is 173 Å². The van der Waals surface area contributed by atoms with Crippen LogP contribution in [0.2, 0.25) is 0 Å². The molecule has 9 nitrogen and oxygen atoms in total. The molecule has 0 aromatic heterocycles. The van der Waals surface area contributed by atoms with Crippen LogP contribution in [0.4, 0.5) is 0 Å². The first-order valence-electron chi connectivity index (χ1n) is 9.30. The number of aromatic hydroxyl groups is 1. The van der Waals surface area contributed by atoms with Gasteiger partial charge in [-0.15, -0.1) is 0 Å². The van der Waals surface area contributed by atoms with Crippen molar-refractivity contribution < 1.29 is 29.8 Å². The molecular formula is C21H25N3O6. The number of phenolic OH excluding ortho intramolecular Hbond substituents is 1. The highest BCUT2D eigenvalue weighted by Gasteiger charge is 2.34. The predicted molar refractivity (Wildman–Crippen MR) is 109 cm³/mol. The summed E-state index contributed by atoms with van der Waals surface area (Å²) in [7, 11) is 2.51. The molecular weight excluding hydrogens is 390 g/mol. The summed E-state index contributed by atoms with van der Waals surface area (Å²) < 4.78 is 0. The maximum atomic E-state index is 12.7. The van der Waals surface area contributed by atoms with E-state index in [4.69, 9.17) is 10.3 Å². The molecule has 0 heterocycles. The molecule has 0 aliphatic rings. The summed E-state index contributed by atoms with van der Waals surface area (Å²) in [5.74, 6) is -2.96. The van der Waals surface area contributed by atoms with Crippen molar-refractivity contribution in [1.29, 1.82) is 0 Å². The quantitative estimate of drug-likeness (QED) is 0.244. The summed E-state index contributed by atoms with van der Waals surface area (Å²) >= 11 is 0. The second kappa shape index (κ2) is 10.4. The van der Waals surface area contributed by atoms with Crippen LogP contribution in [-0.2, 0) is 16.0 Å². The van der Waals surface area contributed by atoms with Gasteiger partial charge in [-0.25, -0.2) is 5.48 Å². The number of likely N-dealkylation sites (N-methyl/N-ethyl adjacent to an activating group) is 2. The zero-order valence-corrected chi connectivity index (χ0v) is 16.8. The van der Waals surface area contributed by atoms with Crippen molar-refractivity contribution >= 4 is 17.7 Å². The van der Waals surface area contributed by atoms with Crippen LogP contribution >= 0.6 is 0 Å². The molecule has 2 aromatic rings. The molecule has 2 aromatic carbocycles. The maximum absolute atomic E-state index is 12.7. The van der Waals surface area contributed by atoms with Crippen LogP contribution in [-0.4, -0.2) is 64.8 Å². The number of hydroxylamine groups is 1. The summed E-state index contributed by atoms with van der Waals surface area (Å²) in [6, 6.07) is 10.5. The van der Waals surface area contributed by atoms with E-state index in [2.05, 4.69) is 5.32 Å². The Hall–Kier alpha value is -3.43. The van der Waals surface area contributed by atoms with Gasteiger partial charge in [0.25, 0.3) is 17.7 Å². The van der Waals surface area contributed by atoms with Crippen LogP contribution in [0.15, 0.2) is 42.5 Å². The van der Waals surface area contributed by atoms with Crippen LogP contribution in [0.3, 0.4) is 0 Å². The van der Waals surface area contributed by atoms with E-state index in [1.54, 1.807) is 6.07 Å². The molecule has 1 unspecified atom stereocenters. The van der Waals surface area contributed by atoms with Crippen LogP contribution in [0.1, 0.15) is 22.3 Å². The molecule has 0 saturated carbocycles. The number of phenols is 1. The monoisotopic (exact) mass is 415 g/mol. The van der Waals surface area contributed by atoms with Crippen molar-refractivity contribution in [3.05, 3.63) is 53.6 Å². The van der Waals surface area contributed by atoms with Gasteiger partial charge >= 0.3 is 0 Å². The number of carbonyl (C=O) groups is 3. The highest BCUT2D eigenvalue weighted by molar-refractivity contribution is 6.09. The van der Waals surface area contributed by atoms with Gasteiger partial charge in [-0.2, -0.15) is 0 Å². The summed E-state index contributed by atoms with van der Waals surface area (Å²) in [5, 5.41) is 30.4. The zero-order chi connectivity index (χ0) is 22.3. The number of rotatable bonds is 8. The molecule has 0 fully saturated rings. The van der Waals surface area contributed by atoms with E-state index in [1.165, 1.54) is 31.7 Å². The molecule has 3 amide bonds. The lowest BCUT2D eigenvalue weighted by Crippen LogP contribution is -2.54. The Morgan fingerprint density at radius 3 is 2.20 bits per heavy atom. The fourth-order valence-electron chi connectivity index (χ4n) is 3.02. The minimum absolute atomic E-state index is 0.0968. The topological polar surface area (TPSA) is 139 Å². The lowest BCUT2D eigenvalue weighted by atomic mass is 10.00. The van der Waals surface area contributed by atoms with E-state index < -0.39 is 23.8 Å². The second-order valence-corrected chi connectivity index (χ2v) is 6.66. The van der Waals surface area contributed by atoms with E-state index in [0.29, 0.717) is 12.0 Å². The number of carbonyl (C=O) groups excluding carboxylic acids is 3. The van der Waals surface area contributed by atoms with E-state index in [-0.39, 0.29) is 17.9 Å². The van der Waals surface area contributed by atoms with Gasteiger partial charge in [-0.3, -0.25) is 19.6 Å². The van der Waals surface area contributed by atoms with E-state index in [0.717, 1.165) is 22.4 Å². The molecule has 30 heavy (non-hydrogen) atoms. The van der Waals surface area contributed by atoms with Gasteiger partial charge in [0.15, 0.2) is 6.04 Å². The number of amides is 3. The lowest BCUT2D eigenvalue weighted by Gasteiger charge is -2.25. The fourth-order valence-corrected chi connectivity index (χ4v) is 3.02. The number of aliphatic hydroxyl groups is 1. The normalized spacial score (nSPS) is 11.5. The molecule has 160 valence electrons. The third-order valence-corrected chi connectivity index (χ3v) is 4.70. The Kier molecular flexibility index (Phi) is 7.90. The predicted octanol–water partition coefficient (Wildman–Crippen LogP) is 0.676. The summed E-state index contributed by atoms with van der Waals surface area (Å²) in [6.07, 6.45) is 1.44. The molecule has 0 radical (unpaired) electrons. The Morgan fingerprint density at radius 2 is 1.67 bits per heavy atom. The first kappa shape index (κ1) is 22.9. The van der Waals surface area contributed by atoms with Gasteiger partial charge in [-0.1, -0.05) is 30.3 Å². The van der Waals surface area contributed by atoms with Crippen LogP contribution in [0.5, 0.6) is 5.75 Å². The van der Waals surface area contributed by atoms with E-state index in [9.17, 15) is 19.5 Å². The highest BCUT2D eigenvalue weighted by atomic mass is 16.5. The van der Waals surface area contributed by atoms with Crippen molar-refractivity contribution in [2.24, 2.45) is 0 Å². The number of hydrogen-bond acceptors (Lipinski definition) is 6. The molecule has 0 bridgehead atoms. The smallest absolute Gasteiger partial charge is 0.275 e. The van der Waals surface area contributed by atoms with Crippen molar-refractivity contribution in [2.45, 2.75) is 18.9 Å². The van der Waals surface area contributed by atoms with Gasteiger partial charge in [0.1, 0.15) is 5.75 Å². The van der Waals surface area contributed by atoms with Gasteiger partial charge in [0.05, 0.1) is 5.56 Å². The van der Waals surface area contributed by atoms with Crippen LogP contribution in [0.25, 0.3) is 11.1 Å². The zero-order valence-electron chi connectivity index (χ0n) is 16.8. The molecule has 1 atom stereocenters. The molecule has 2 rings (SSSR count). The molecule has 0 spiro atoms. The molecule has 9 heteroatoms. The first-order chi connectivity index (χ1) is 14.3. The molecule has 0 aliphatic carbocycles. The number of nitrogens with zero attached hydrogens (tertiary/aromatic N) is 1. The third-order valence-electron chi connectivity index (χ3n) is 4.70. The SMILES string of the molecule is CNC(=O)C(C(=O)NO)N(C)C(=O)c1ccc(-c2ccc(CCCO)cc2)cc1O. The third kappa shape index (κ3) is 5.13. The largest absolute Gasteiger partial charge is 0.507 e. The minimum atomic E-state index is -1.61. The molecule has 0 saturated heterocycles. The van der Waals surface area contributed by atoms with Crippen molar-refractivity contribution in [2.75, 3.05) is 20.7 Å². The van der Waals surface area contributed by atoms with Crippen LogP contribution in [0, 0.1) is 0 Å². The highest BCUT2D eigenvalue weighted by Crippen LogP contribution is 2.28. The number of benzene rings is 2. The Bertz CT molecular complexity index is 897. The molecule has 0 aliphatic heterocycles. The first-order valence-corrected chi connectivity index (χ1v) is 9.30. The average molecular weight is 415 g/mol. The van der Waals surface area contributed by atoms with Crippen molar-refractivity contribution in [3.63, 3.8) is 0 Å². The van der Waals surface area contributed by atoms with Crippen LogP contribution < -0.4 is 10.8 Å². The Morgan fingerprint density at radius 1 is 1.03 bits per heavy atom. The van der Waals surface area contributed by atoms with E-state index >= 15 is 0 Å². The maximum Gasteiger partial charge on any atom is 0.275 e. The standard InChI is InChI=1S/C21H25N3O6/c1-22-19(27)18(20(28)23-30)24(2)21(29)16-10-9-15(12-17(16)26)14-7-5-13(6-8-14)4-3-11-25/h5-10,12,18,25-26,30H,3-4,11H2,1-2H3,(H,22,27)(H,23,28). The Balaban J connectivity index is 2.26. The fraction of sp³-hybridized carbons (Fsp3) is 0.286. The van der Waals surface area contributed by atoms with Crippen molar-refractivity contribution in [3.8, 4) is 16.9 Å². The average Bonchev–Trinajstić information content (AvgIpc) is 2.77. The second-order valence-electron chi connectivity index (χ2n) is 6.66. The van der Waals surface area contributed by atoms with Gasteiger partial charge in [0, 0.05) is 20.7 Å². The van der Waals surface area contributed by atoms with Gasteiger partial charge < -0.3 is 20.4 Å². The van der Waals surface area contributed by atoms with Gasteiger partial charge in [-0.05, 0) is 41.7 Å². The van der Waals surface area contributed by atoms with E-state index in [1.807, 2.05) is 24.3 Å². The summed E-state index contributed by atoms with van der Waals surface area (Å²) in [4.78, 5) is 37.3. The summed E-state index contributed by atoms with van der Waals surface area (Å²) in [6.45, 7) is 0.125. The number of aliphatic hydroxyl groups excluding tert-OH is 1. The summed E-state index contributed by atoms with van der Waals surface area (Å²) in [5.41, 5.74) is 3.84. The molecule has 5 N–H and O–H groups in total. The number of hydrogen-bond donors (Lipinski definition) is 5. The number of aryl methyl sites for hydroxylation is 1. The minimum Gasteiger partial charge on any atom is -0.507 e. The lowest BCUT2D eigenvalue weighted by molar-refractivity contribution is -0.140. The van der Waals surface area contributed by atoms with Crippen molar-refractivity contribution in [1.82, 2.24) is 15.7 Å².